The van der Waals surface area contributed by atoms with Crippen molar-refractivity contribution in [2.45, 2.75) is 32.6 Å². The summed E-state index contributed by atoms with van der Waals surface area (Å²) in [6, 6.07) is 1.61. The molecule has 1 atom stereocenters. The van der Waals surface area contributed by atoms with Gasteiger partial charge in [0.1, 0.15) is 5.15 Å². The number of methoxy groups -OCH3 is 1. The van der Waals surface area contributed by atoms with Gasteiger partial charge in [-0.05, 0) is 34.3 Å². The van der Waals surface area contributed by atoms with Crippen molar-refractivity contribution < 1.29 is 13.7 Å². The molecule has 0 aliphatic carbocycles. The first-order valence-electron chi connectivity index (χ1n) is 7.74. The number of pyridine rings is 1. The fourth-order valence-electron chi connectivity index (χ4n) is 1.24. The zero-order valence-electron chi connectivity index (χ0n) is 15.8. The number of halogens is 2. The number of carbonyl (C=O) groups excluding carboxylic acids is 1. The Kier molecular flexibility index (Phi) is 18.1. The van der Waals surface area contributed by atoms with Gasteiger partial charge in [0.15, 0.2) is 0 Å². The van der Waals surface area contributed by atoms with Crippen LogP contribution in [0.1, 0.15) is 27.7 Å². The Morgan fingerprint density at radius 3 is 2.46 bits per heavy atom. The molecule has 0 spiro atoms. The highest BCUT2D eigenvalue weighted by Crippen LogP contribution is 2.27. The molecule has 0 amide bonds. The Hall–Kier alpha value is -0.280. The highest BCUT2D eigenvalue weighted by molar-refractivity contribution is 9.10. The van der Waals surface area contributed by atoms with E-state index in [2.05, 4.69) is 27.5 Å². The van der Waals surface area contributed by atoms with Gasteiger partial charge >= 0.3 is 5.97 Å². The summed E-state index contributed by atoms with van der Waals surface area (Å²) in [6.07, 6.45) is 4.81. The molecule has 1 aromatic rings. The Labute approximate surface area is 181 Å². The van der Waals surface area contributed by atoms with E-state index in [0.717, 1.165) is 0 Å². The second-order valence-electron chi connectivity index (χ2n) is 3.73. The highest BCUT2D eigenvalue weighted by atomic mass is 79.9. The number of thioether (sulfide) groups is 2. The fourth-order valence-corrected chi connectivity index (χ4v) is 4.22. The fraction of sp³-hybridized carbons (Fsp3) is 0.412. The molecule has 1 unspecified atom stereocenters. The molecule has 1 aromatic heterocycles. The molecule has 26 heavy (non-hydrogen) atoms. The van der Waals surface area contributed by atoms with Crippen LogP contribution < -0.4 is 0 Å². The standard InChI is InChI=1S/C13H13BrClNO3S3.2C2H6/c1-8(4-11(13(17)19-2)21-7-20-3)22(18)9-5-10(14)12(15)16-6-9;2*1-2/h4-6H,1,7H2,2-3H3;2*1-2H3/b11-4-;;. The van der Waals surface area contributed by atoms with E-state index in [0.29, 0.717) is 19.4 Å². The van der Waals surface area contributed by atoms with E-state index in [1.165, 1.54) is 31.1 Å². The van der Waals surface area contributed by atoms with Gasteiger partial charge in [-0.1, -0.05) is 45.9 Å². The quantitative estimate of drug-likeness (QED) is 0.144. The number of nitrogens with zero attached hydrogens (tertiary/aromatic N) is 1. The third-order valence-corrected chi connectivity index (χ3v) is 6.62. The lowest BCUT2D eigenvalue weighted by atomic mass is 10.5. The predicted molar refractivity (Wildman–Crippen MR) is 121 cm³/mol. The van der Waals surface area contributed by atoms with Gasteiger partial charge in [-0.25, -0.2) is 14.0 Å². The molecule has 0 radical (unpaired) electrons. The van der Waals surface area contributed by atoms with Crippen LogP contribution in [0.3, 0.4) is 0 Å². The van der Waals surface area contributed by atoms with Crippen LogP contribution in [0, 0.1) is 0 Å². The number of esters is 1. The van der Waals surface area contributed by atoms with Gasteiger partial charge in [0, 0.05) is 16.2 Å². The summed E-state index contributed by atoms with van der Waals surface area (Å²) in [5, 5.41) is 0.960. The number of ether oxygens (including phenoxy) is 1. The highest BCUT2D eigenvalue weighted by Gasteiger charge is 2.15. The van der Waals surface area contributed by atoms with Crippen LogP contribution in [0.5, 0.6) is 0 Å². The number of rotatable bonds is 7. The lowest BCUT2D eigenvalue weighted by Gasteiger charge is -2.07. The lowest BCUT2D eigenvalue weighted by Crippen LogP contribution is -2.04. The molecular weight excluding hydrogens is 478 g/mol. The second kappa shape index (κ2) is 16.9. The molecule has 0 aliphatic rings. The number of carbonyl (C=O) groups is 1. The molecule has 0 saturated heterocycles. The lowest BCUT2D eigenvalue weighted by molar-refractivity contribution is -0.135. The van der Waals surface area contributed by atoms with Gasteiger partial charge in [-0.3, -0.25) is 0 Å². The van der Waals surface area contributed by atoms with Crippen molar-refractivity contribution in [3.63, 3.8) is 0 Å². The molecular formula is C17H25BrClNO3S3. The van der Waals surface area contributed by atoms with Crippen molar-refractivity contribution >= 4 is 67.8 Å². The second-order valence-corrected chi connectivity index (χ2v) is 8.72. The molecule has 0 N–H and O–H groups in total. The summed E-state index contributed by atoms with van der Waals surface area (Å²) in [7, 11) is -0.240. The van der Waals surface area contributed by atoms with Crippen molar-refractivity contribution in [1.82, 2.24) is 4.98 Å². The predicted octanol–water partition coefficient (Wildman–Crippen LogP) is 6.28. The number of aromatic nitrogens is 1. The first-order valence-corrected chi connectivity index (χ1v) is 12.4. The van der Waals surface area contributed by atoms with Crippen molar-refractivity contribution in [2.24, 2.45) is 0 Å². The van der Waals surface area contributed by atoms with E-state index in [1.54, 1.807) is 17.8 Å². The van der Waals surface area contributed by atoms with Gasteiger partial charge in [0.05, 0.1) is 32.2 Å². The third-order valence-electron chi connectivity index (χ3n) is 2.23. The maximum atomic E-state index is 12.4. The zero-order valence-corrected chi connectivity index (χ0v) is 20.6. The summed E-state index contributed by atoms with van der Waals surface area (Å²) >= 11 is 11.9. The van der Waals surface area contributed by atoms with Crippen LogP contribution in [-0.2, 0) is 20.3 Å². The topological polar surface area (TPSA) is 56.3 Å². The normalized spacial score (nSPS) is 11.3. The van der Waals surface area contributed by atoms with Crippen LogP contribution in [-0.4, -0.2) is 33.6 Å². The van der Waals surface area contributed by atoms with E-state index in [4.69, 9.17) is 16.3 Å². The first-order chi connectivity index (χ1) is 12.4. The van der Waals surface area contributed by atoms with Crippen molar-refractivity contribution in [3.05, 3.63) is 44.4 Å². The SMILES string of the molecule is C=C(/C=C(\SCSC)C(=O)OC)S(=O)c1cnc(Cl)c(Br)c1.CC.CC. The van der Waals surface area contributed by atoms with Crippen molar-refractivity contribution in [3.8, 4) is 0 Å². The van der Waals surface area contributed by atoms with Crippen LogP contribution in [0.25, 0.3) is 0 Å². The molecule has 1 heterocycles. The molecule has 0 saturated carbocycles. The first kappa shape index (κ1) is 27.9. The average molecular weight is 503 g/mol. The molecule has 0 bridgehead atoms. The van der Waals surface area contributed by atoms with E-state index in [9.17, 15) is 9.00 Å². The average Bonchev–Trinajstić information content (AvgIpc) is 2.68. The Morgan fingerprint density at radius 2 is 2.00 bits per heavy atom. The minimum Gasteiger partial charge on any atom is -0.465 e. The zero-order chi connectivity index (χ0) is 20.7. The molecule has 0 aliphatic heterocycles. The van der Waals surface area contributed by atoms with Crippen LogP contribution >= 0.6 is 51.1 Å². The molecule has 0 fully saturated rings. The summed E-state index contributed by atoms with van der Waals surface area (Å²) in [5.41, 5.74) is 0. The number of allylic oxidation sites excluding steroid dienone is 1. The van der Waals surface area contributed by atoms with Crippen LogP contribution in [0.15, 0.2) is 44.1 Å². The van der Waals surface area contributed by atoms with Gasteiger partial charge in [0.2, 0.25) is 0 Å². The van der Waals surface area contributed by atoms with Crippen molar-refractivity contribution in [1.29, 1.82) is 0 Å². The summed E-state index contributed by atoms with van der Waals surface area (Å²) < 4.78 is 17.7. The number of hydrogen-bond donors (Lipinski definition) is 0. The molecule has 148 valence electrons. The summed E-state index contributed by atoms with van der Waals surface area (Å²) in [6.45, 7) is 11.8. The maximum absolute atomic E-state index is 12.4. The van der Waals surface area contributed by atoms with Crippen molar-refractivity contribution in [2.75, 3.05) is 18.5 Å². The Balaban J connectivity index is 0. The van der Waals surface area contributed by atoms with E-state index < -0.39 is 16.8 Å². The van der Waals surface area contributed by atoms with Gasteiger partial charge in [-0.15, -0.1) is 11.8 Å². The molecule has 0 aromatic carbocycles. The van der Waals surface area contributed by atoms with Gasteiger partial charge in [0.25, 0.3) is 0 Å². The minimum absolute atomic E-state index is 0.282. The molecule has 1 rings (SSSR count). The van der Waals surface area contributed by atoms with Gasteiger partial charge in [-0.2, -0.15) is 11.8 Å². The van der Waals surface area contributed by atoms with Crippen LogP contribution in [0.2, 0.25) is 5.15 Å². The smallest absolute Gasteiger partial charge is 0.344 e. The Bertz CT molecular complexity index is 640. The third kappa shape index (κ3) is 10.2. The Morgan fingerprint density at radius 1 is 1.42 bits per heavy atom. The minimum atomic E-state index is -1.54. The monoisotopic (exact) mass is 501 g/mol. The summed E-state index contributed by atoms with van der Waals surface area (Å²) in [5.74, 6) is -0.479. The largest absolute Gasteiger partial charge is 0.465 e. The van der Waals surface area contributed by atoms with Crippen LogP contribution in [0.4, 0.5) is 0 Å². The maximum Gasteiger partial charge on any atom is 0.344 e. The number of hydrogen-bond acceptors (Lipinski definition) is 6. The molecule has 9 heteroatoms. The summed E-state index contributed by atoms with van der Waals surface area (Å²) in [4.78, 5) is 16.7. The van der Waals surface area contributed by atoms with Gasteiger partial charge < -0.3 is 4.74 Å². The van der Waals surface area contributed by atoms with E-state index in [-0.39, 0.29) is 10.1 Å². The van der Waals surface area contributed by atoms with E-state index >= 15 is 0 Å². The molecule has 4 nitrogen and oxygen atoms in total. The van der Waals surface area contributed by atoms with E-state index in [1.807, 2.05) is 34.0 Å².